The lowest BCUT2D eigenvalue weighted by Gasteiger charge is -2.54. The number of benzene rings is 2. The van der Waals surface area contributed by atoms with Crippen LogP contribution in [0.25, 0.3) is 0 Å². The van der Waals surface area contributed by atoms with Crippen molar-refractivity contribution in [2.45, 2.75) is 50.4 Å². The Morgan fingerprint density at radius 3 is 2.13 bits per heavy atom. The summed E-state index contributed by atoms with van der Waals surface area (Å²) in [6.45, 7) is 6.77. The number of carbonyl (C=O) groups is 1. The largest absolute Gasteiger partial charge is 0.416 e. The monoisotopic (exact) mass is 430 g/mol. The minimum absolute atomic E-state index is 0.0135. The summed E-state index contributed by atoms with van der Waals surface area (Å²) in [6, 6.07) is 13.1. The molecule has 0 spiro atoms. The van der Waals surface area contributed by atoms with E-state index in [0.29, 0.717) is 5.56 Å². The van der Waals surface area contributed by atoms with E-state index in [0.717, 1.165) is 50.2 Å². The predicted molar refractivity (Wildman–Crippen MR) is 115 cm³/mol. The van der Waals surface area contributed by atoms with Crippen molar-refractivity contribution in [3.8, 4) is 0 Å². The Hall–Kier alpha value is -2.18. The number of carbonyl (C=O) groups excluding carboxylic acids is 1. The van der Waals surface area contributed by atoms with Crippen LogP contribution in [0.1, 0.15) is 48.9 Å². The number of Topliss-reactive ketones (excluding diaryl/α,β-unsaturated/α-hetero) is 1. The molecule has 3 nitrogen and oxygen atoms in total. The van der Waals surface area contributed by atoms with E-state index in [1.165, 1.54) is 17.7 Å². The summed E-state index contributed by atoms with van der Waals surface area (Å²) in [7, 11) is 2.00. The molecule has 0 aliphatic carbocycles. The van der Waals surface area contributed by atoms with Crippen molar-refractivity contribution in [1.29, 1.82) is 0 Å². The van der Waals surface area contributed by atoms with E-state index >= 15 is 0 Å². The first-order valence-electron chi connectivity index (χ1n) is 10.8. The van der Waals surface area contributed by atoms with E-state index in [1.54, 1.807) is 0 Å². The molecule has 0 radical (unpaired) electrons. The van der Waals surface area contributed by atoms with Gasteiger partial charge in [-0.05, 0) is 48.7 Å². The standard InChI is InChI=1S/C25H29F3N2O/c1-23(2)17-29(3)24(30-14-6-7-15-30,21-9-5-4-8-20(21)23)22(31)16-18-10-12-19(13-11-18)25(26,27)28/h4-5,8-13H,6-7,14-17H2,1-3H3. The van der Waals surface area contributed by atoms with E-state index in [-0.39, 0.29) is 17.6 Å². The number of likely N-dealkylation sites (N-methyl/N-ethyl adjacent to an activating group) is 1. The van der Waals surface area contributed by atoms with Crippen molar-refractivity contribution >= 4 is 5.78 Å². The average molecular weight is 431 g/mol. The maximum absolute atomic E-state index is 14.0. The SMILES string of the molecule is CN1CC(C)(C)c2ccccc2C1(C(=O)Cc1ccc(C(F)(F)F)cc1)N1CCCC1. The summed E-state index contributed by atoms with van der Waals surface area (Å²) in [5.41, 5.74) is 1.08. The summed E-state index contributed by atoms with van der Waals surface area (Å²) in [6.07, 6.45) is -2.22. The summed E-state index contributed by atoms with van der Waals surface area (Å²) >= 11 is 0. The molecule has 1 atom stereocenters. The fraction of sp³-hybridized carbons (Fsp3) is 0.480. The number of alkyl halides is 3. The number of halogens is 3. The molecule has 6 heteroatoms. The third kappa shape index (κ3) is 3.70. The Kier molecular flexibility index (Phi) is 5.51. The van der Waals surface area contributed by atoms with E-state index < -0.39 is 17.4 Å². The Bertz CT molecular complexity index is 961. The molecule has 0 saturated carbocycles. The molecule has 0 amide bonds. The fourth-order valence-corrected chi connectivity index (χ4v) is 5.49. The van der Waals surface area contributed by atoms with Crippen molar-refractivity contribution < 1.29 is 18.0 Å². The van der Waals surface area contributed by atoms with Crippen LogP contribution in [0.15, 0.2) is 48.5 Å². The summed E-state index contributed by atoms with van der Waals surface area (Å²) in [5, 5.41) is 0. The van der Waals surface area contributed by atoms with Crippen molar-refractivity contribution in [2.24, 2.45) is 0 Å². The van der Waals surface area contributed by atoms with Crippen LogP contribution < -0.4 is 0 Å². The first kappa shape index (κ1) is 22.0. The second kappa shape index (κ2) is 7.75. The maximum Gasteiger partial charge on any atom is 0.416 e. The summed E-state index contributed by atoms with van der Waals surface area (Å²) in [5.74, 6) is 0.0135. The molecule has 31 heavy (non-hydrogen) atoms. The number of rotatable bonds is 4. The lowest BCUT2D eigenvalue weighted by molar-refractivity contribution is -0.148. The van der Waals surface area contributed by atoms with Crippen LogP contribution in [-0.2, 0) is 28.5 Å². The fourth-order valence-electron chi connectivity index (χ4n) is 5.49. The van der Waals surface area contributed by atoms with Crippen LogP contribution >= 0.6 is 0 Å². The minimum Gasteiger partial charge on any atom is -0.295 e. The molecule has 2 aliphatic heterocycles. The molecule has 0 bridgehead atoms. The first-order chi connectivity index (χ1) is 14.6. The smallest absolute Gasteiger partial charge is 0.295 e. The molecule has 2 aromatic carbocycles. The van der Waals surface area contributed by atoms with Crippen molar-refractivity contribution in [1.82, 2.24) is 9.80 Å². The molecule has 2 heterocycles. The highest BCUT2D eigenvalue weighted by Crippen LogP contribution is 2.46. The Balaban J connectivity index is 1.78. The number of likely N-dealkylation sites (tertiary alicyclic amines) is 1. The van der Waals surface area contributed by atoms with Crippen molar-refractivity contribution in [2.75, 3.05) is 26.7 Å². The molecule has 0 N–H and O–H groups in total. The molecule has 166 valence electrons. The topological polar surface area (TPSA) is 23.6 Å². The lowest BCUT2D eigenvalue weighted by Crippen LogP contribution is -2.66. The molecule has 2 aliphatic rings. The number of hydrogen-bond donors (Lipinski definition) is 0. The van der Waals surface area contributed by atoms with Gasteiger partial charge in [-0.1, -0.05) is 50.2 Å². The number of ketones is 1. The van der Waals surface area contributed by atoms with Gasteiger partial charge in [0.1, 0.15) is 0 Å². The summed E-state index contributed by atoms with van der Waals surface area (Å²) < 4.78 is 38.8. The van der Waals surface area contributed by atoms with E-state index in [4.69, 9.17) is 0 Å². The maximum atomic E-state index is 14.0. The van der Waals surface area contributed by atoms with Gasteiger partial charge in [0.2, 0.25) is 0 Å². The van der Waals surface area contributed by atoms with Crippen LogP contribution in [0.3, 0.4) is 0 Å². The minimum atomic E-state index is -4.38. The highest BCUT2D eigenvalue weighted by atomic mass is 19.4. The molecular weight excluding hydrogens is 401 g/mol. The molecule has 2 aromatic rings. The Morgan fingerprint density at radius 1 is 0.968 bits per heavy atom. The molecule has 4 rings (SSSR count). The van der Waals surface area contributed by atoms with Crippen molar-refractivity contribution in [3.63, 3.8) is 0 Å². The van der Waals surface area contributed by atoms with Crippen LogP contribution in [0, 0.1) is 0 Å². The zero-order valence-corrected chi connectivity index (χ0v) is 18.3. The van der Waals surface area contributed by atoms with Gasteiger partial charge < -0.3 is 0 Å². The normalized spacial score (nSPS) is 24.2. The zero-order chi connectivity index (χ0) is 22.4. The molecule has 1 fully saturated rings. The van der Waals surface area contributed by atoms with Gasteiger partial charge in [0, 0.05) is 31.5 Å². The second-order valence-corrected chi connectivity index (χ2v) is 9.45. The van der Waals surface area contributed by atoms with Gasteiger partial charge in [-0.15, -0.1) is 0 Å². The Labute approximate surface area is 181 Å². The van der Waals surface area contributed by atoms with Gasteiger partial charge in [0.15, 0.2) is 11.4 Å². The van der Waals surface area contributed by atoms with Gasteiger partial charge in [0.25, 0.3) is 0 Å². The van der Waals surface area contributed by atoms with Gasteiger partial charge >= 0.3 is 6.18 Å². The van der Waals surface area contributed by atoms with E-state index in [2.05, 4.69) is 35.8 Å². The Morgan fingerprint density at radius 2 is 1.55 bits per heavy atom. The number of hydrogen-bond acceptors (Lipinski definition) is 3. The molecular formula is C25H29F3N2O. The number of fused-ring (bicyclic) bond motifs is 1. The van der Waals surface area contributed by atoms with E-state index in [1.807, 2.05) is 19.2 Å². The first-order valence-corrected chi connectivity index (χ1v) is 10.8. The quantitative estimate of drug-likeness (QED) is 0.683. The second-order valence-electron chi connectivity index (χ2n) is 9.45. The van der Waals surface area contributed by atoms with Crippen molar-refractivity contribution in [3.05, 3.63) is 70.8 Å². The highest BCUT2D eigenvalue weighted by molar-refractivity contribution is 5.92. The third-order valence-electron chi connectivity index (χ3n) is 6.82. The molecule has 1 saturated heterocycles. The van der Waals surface area contributed by atoms with Crippen LogP contribution in [-0.4, -0.2) is 42.3 Å². The lowest BCUT2D eigenvalue weighted by atomic mass is 9.71. The van der Waals surface area contributed by atoms with E-state index in [9.17, 15) is 18.0 Å². The molecule has 0 aromatic heterocycles. The number of nitrogens with zero attached hydrogens (tertiary/aromatic N) is 2. The predicted octanol–water partition coefficient (Wildman–Crippen LogP) is 4.99. The van der Waals surface area contributed by atoms with Gasteiger partial charge in [-0.3, -0.25) is 14.6 Å². The highest BCUT2D eigenvalue weighted by Gasteiger charge is 2.54. The molecule has 1 unspecified atom stereocenters. The zero-order valence-electron chi connectivity index (χ0n) is 18.3. The average Bonchev–Trinajstić information content (AvgIpc) is 3.22. The van der Waals surface area contributed by atoms with Gasteiger partial charge in [0.05, 0.1) is 5.56 Å². The van der Waals surface area contributed by atoms with Crippen LogP contribution in [0.2, 0.25) is 0 Å². The van der Waals surface area contributed by atoms with Gasteiger partial charge in [-0.25, -0.2) is 0 Å². The van der Waals surface area contributed by atoms with Crippen LogP contribution in [0.5, 0.6) is 0 Å². The summed E-state index contributed by atoms with van der Waals surface area (Å²) in [4.78, 5) is 18.5. The third-order valence-corrected chi connectivity index (χ3v) is 6.82. The van der Waals surface area contributed by atoms with Crippen LogP contribution in [0.4, 0.5) is 13.2 Å². The van der Waals surface area contributed by atoms with Gasteiger partial charge in [-0.2, -0.15) is 13.2 Å².